The van der Waals surface area contributed by atoms with Crippen LogP contribution in [0.3, 0.4) is 0 Å². The molecular formula is C14H21N3O3S. The molecule has 0 saturated carbocycles. The van der Waals surface area contributed by atoms with E-state index in [4.69, 9.17) is 10.5 Å². The molecule has 0 amide bonds. The van der Waals surface area contributed by atoms with E-state index in [0.717, 1.165) is 12.8 Å². The zero-order valence-electron chi connectivity index (χ0n) is 12.2. The number of hydrogen-bond acceptors (Lipinski definition) is 4. The van der Waals surface area contributed by atoms with Crippen LogP contribution < -0.4 is 10.5 Å². The first-order valence-electron chi connectivity index (χ1n) is 6.85. The quantitative estimate of drug-likeness (QED) is 0.680. The number of sulfonamides is 1. The van der Waals surface area contributed by atoms with E-state index in [1.54, 1.807) is 25.3 Å². The van der Waals surface area contributed by atoms with E-state index in [2.05, 4.69) is 9.71 Å². The highest BCUT2D eigenvalue weighted by Crippen LogP contribution is 2.24. The third-order valence-corrected chi connectivity index (χ3v) is 4.84. The molecule has 1 heterocycles. The lowest BCUT2D eigenvalue weighted by Crippen LogP contribution is -2.37. The Balaban J connectivity index is 2.32. The third kappa shape index (κ3) is 3.55. The lowest BCUT2D eigenvalue weighted by atomic mass is 10.2. The van der Waals surface area contributed by atoms with E-state index in [1.807, 2.05) is 6.92 Å². The zero-order valence-corrected chi connectivity index (χ0v) is 13.0. The van der Waals surface area contributed by atoms with Crippen LogP contribution in [0.2, 0.25) is 0 Å². The van der Waals surface area contributed by atoms with Crippen LogP contribution in [-0.2, 0) is 14.8 Å². The van der Waals surface area contributed by atoms with Crippen LogP contribution in [0.5, 0.6) is 0 Å². The van der Waals surface area contributed by atoms with Gasteiger partial charge in [-0.3, -0.25) is 0 Å². The predicted octanol–water partition coefficient (Wildman–Crippen LogP) is 1.84. The third-order valence-electron chi connectivity index (χ3n) is 3.28. The van der Waals surface area contributed by atoms with E-state index < -0.39 is 10.0 Å². The van der Waals surface area contributed by atoms with Crippen molar-refractivity contribution in [2.75, 3.05) is 19.5 Å². The monoisotopic (exact) mass is 311 g/mol. The van der Waals surface area contributed by atoms with Gasteiger partial charge in [0.25, 0.3) is 0 Å². The molecule has 0 bridgehead atoms. The summed E-state index contributed by atoms with van der Waals surface area (Å²) in [5, 5.41) is 0.629. The Morgan fingerprint density at radius 1 is 1.43 bits per heavy atom. The van der Waals surface area contributed by atoms with Crippen LogP contribution in [0.15, 0.2) is 29.3 Å². The molecule has 0 aliphatic rings. The summed E-state index contributed by atoms with van der Waals surface area (Å²) in [5.74, 6) is 0. The maximum absolute atomic E-state index is 12.5. The number of aromatic nitrogens is 1. The molecule has 0 spiro atoms. The van der Waals surface area contributed by atoms with E-state index in [0.29, 0.717) is 23.2 Å². The van der Waals surface area contributed by atoms with Gasteiger partial charge in [0.15, 0.2) is 0 Å². The molecule has 0 aliphatic heterocycles. The van der Waals surface area contributed by atoms with E-state index >= 15 is 0 Å². The van der Waals surface area contributed by atoms with Crippen molar-refractivity contribution in [3.8, 4) is 0 Å². The molecular weight excluding hydrogens is 290 g/mol. The number of hydrogen-bond donors (Lipinski definition) is 3. The lowest BCUT2D eigenvalue weighted by molar-refractivity contribution is 0.171. The molecule has 0 aliphatic carbocycles. The van der Waals surface area contributed by atoms with Crippen molar-refractivity contribution >= 4 is 26.6 Å². The highest BCUT2D eigenvalue weighted by molar-refractivity contribution is 7.89. The van der Waals surface area contributed by atoms with Crippen molar-refractivity contribution in [2.45, 2.75) is 30.7 Å². The fourth-order valence-corrected chi connectivity index (χ4v) is 3.78. The number of anilines is 1. The summed E-state index contributed by atoms with van der Waals surface area (Å²) >= 11 is 0. The lowest BCUT2D eigenvalue weighted by Gasteiger charge is -2.16. The first kappa shape index (κ1) is 15.8. The summed E-state index contributed by atoms with van der Waals surface area (Å²) in [6.07, 6.45) is 3.09. The van der Waals surface area contributed by atoms with Crippen molar-refractivity contribution in [3.63, 3.8) is 0 Å². The number of benzene rings is 1. The van der Waals surface area contributed by atoms with Crippen LogP contribution in [0.4, 0.5) is 5.69 Å². The van der Waals surface area contributed by atoms with Gasteiger partial charge in [-0.15, -0.1) is 0 Å². The fraction of sp³-hybridized carbons (Fsp3) is 0.429. The molecule has 21 heavy (non-hydrogen) atoms. The van der Waals surface area contributed by atoms with Crippen LogP contribution >= 0.6 is 0 Å². The molecule has 4 N–H and O–H groups in total. The van der Waals surface area contributed by atoms with Crippen molar-refractivity contribution in [3.05, 3.63) is 24.4 Å². The molecule has 0 saturated heterocycles. The number of fused-ring (bicyclic) bond motifs is 1. The first-order chi connectivity index (χ1) is 9.97. The van der Waals surface area contributed by atoms with Crippen molar-refractivity contribution in [1.29, 1.82) is 0 Å². The Labute approximate surface area is 124 Å². The van der Waals surface area contributed by atoms with Crippen LogP contribution in [0, 0.1) is 0 Å². The second kappa shape index (κ2) is 6.46. The predicted molar refractivity (Wildman–Crippen MR) is 83.6 cm³/mol. The van der Waals surface area contributed by atoms with Crippen molar-refractivity contribution in [2.24, 2.45) is 0 Å². The molecule has 7 heteroatoms. The van der Waals surface area contributed by atoms with Gasteiger partial charge >= 0.3 is 0 Å². The van der Waals surface area contributed by atoms with Crippen LogP contribution in [0.1, 0.15) is 19.8 Å². The van der Waals surface area contributed by atoms with Gasteiger partial charge in [0, 0.05) is 35.9 Å². The number of H-pyrrole nitrogens is 1. The number of ether oxygens (including phenoxy) is 1. The second-order valence-electron chi connectivity index (χ2n) is 5.02. The number of nitrogens with one attached hydrogen (secondary N) is 2. The molecule has 116 valence electrons. The second-order valence-corrected chi connectivity index (χ2v) is 6.70. The molecule has 1 unspecified atom stereocenters. The van der Waals surface area contributed by atoms with Gasteiger partial charge in [-0.25, -0.2) is 13.1 Å². The summed E-state index contributed by atoms with van der Waals surface area (Å²) in [4.78, 5) is 3.17. The summed E-state index contributed by atoms with van der Waals surface area (Å²) in [6.45, 7) is 2.35. The van der Waals surface area contributed by atoms with Gasteiger partial charge in [-0.1, -0.05) is 13.3 Å². The molecule has 0 fully saturated rings. The number of nitrogen functional groups attached to an aromatic ring is 1. The smallest absolute Gasteiger partial charge is 0.243 e. The SMILES string of the molecule is CCCC(COC)NS(=O)(=O)c1c[nH]c2cc(N)ccc12. The minimum absolute atomic E-state index is 0.231. The molecule has 2 rings (SSSR count). The fourth-order valence-electron chi connectivity index (χ4n) is 2.35. The first-order valence-corrected chi connectivity index (χ1v) is 8.34. The standard InChI is InChI=1S/C14H21N3O3S/c1-3-4-11(9-20-2)17-21(18,19)14-8-16-13-7-10(15)5-6-12(13)14/h5-8,11,16-17H,3-4,9,15H2,1-2H3. The van der Waals surface area contributed by atoms with Gasteiger partial charge < -0.3 is 15.5 Å². The van der Waals surface area contributed by atoms with Gasteiger partial charge in [0.1, 0.15) is 4.90 Å². The number of methoxy groups -OCH3 is 1. The number of rotatable bonds is 7. The maximum Gasteiger partial charge on any atom is 0.243 e. The Morgan fingerprint density at radius 3 is 2.86 bits per heavy atom. The average Bonchev–Trinajstić information content (AvgIpc) is 2.82. The van der Waals surface area contributed by atoms with Gasteiger partial charge in [0.05, 0.1) is 6.61 Å². The van der Waals surface area contributed by atoms with Crippen molar-refractivity contribution < 1.29 is 13.2 Å². The minimum atomic E-state index is -3.60. The normalized spacial score (nSPS) is 13.6. The summed E-state index contributed by atoms with van der Waals surface area (Å²) in [6, 6.07) is 4.88. The van der Waals surface area contributed by atoms with E-state index in [9.17, 15) is 8.42 Å². The van der Waals surface area contributed by atoms with Crippen LogP contribution in [-0.4, -0.2) is 33.2 Å². The van der Waals surface area contributed by atoms with Gasteiger partial charge in [-0.2, -0.15) is 0 Å². The summed E-state index contributed by atoms with van der Waals surface area (Å²) in [7, 11) is -2.04. The Hall–Kier alpha value is -1.57. The van der Waals surface area contributed by atoms with E-state index in [-0.39, 0.29) is 10.9 Å². The van der Waals surface area contributed by atoms with E-state index in [1.165, 1.54) is 6.20 Å². The zero-order chi connectivity index (χ0) is 15.5. The molecule has 1 aromatic carbocycles. The average molecular weight is 311 g/mol. The molecule has 1 aromatic heterocycles. The Kier molecular flexibility index (Phi) is 4.87. The van der Waals surface area contributed by atoms with Gasteiger partial charge in [-0.05, 0) is 24.6 Å². The van der Waals surface area contributed by atoms with Gasteiger partial charge in [0.2, 0.25) is 10.0 Å². The Morgan fingerprint density at radius 2 is 2.19 bits per heavy atom. The molecule has 2 aromatic rings. The molecule has 6 nitrogen and oxygen atoms in total. The minimum Gasteiger partial charge on any atom is -0.399 e. The summed E-state index contributed by atoms with van der Waals surface area (Å²) in [5.41, 5.74) is 6.99. The largest absolute Gasteiger partial charge is 0.399 e. The molecule has 1 atom stereocenters. The summed E-state index contributed by atoms with van der Waals surface area (Å²) < 4.78 is 32.8. The number of nitrogens with two attached hydrogens (primary N) is 1. The topological polar surface area (TPSA) is 97.2 Å². The number of aromatic amines is 1. The van der Waals surface area contributed by atoms with Crippen molar-refractivity contribution in [1.82, 2.24) is 9.71 Å². The van der Waals surface area contributed by atoms with Crippen LogP contribution in [0.25, 0.3) is 10.9 Å². The maximum atomic E-state index is 12.5. The highest BCUT2D eigenvalue weighted by Gasteiger charge is 2.22. The highest BCUT2D eigenvalue weighted by atomic mass is 32.2. The molecule has 0 radical (unpaired) electrons. The Bertz CT molecular complexity index is 703.